The summed E-state index contributed by atoms with van der Waals surface area (Å²) in [5.74, 6) is 0. The number of fused-ring (bicyclic) bond motifs is 1. The topological polar surface area (TPSA) is 48.7 Å². The fourth-order valence-electron chi connectivity index (χ4n) is 3.30. The van der Waals surface area contributed by atoms with Gasteiger partial charge in [0.25, 0.3) is 0 Å². The molecule has 0 aliphatic rings. The van der Waals surface area contributed by atoms with Crippen LogP contribution < -0.4 is 5.32 Å². The van der Waals surface area contributed by atoms with Gasteiger partial charge >= 0.3 is 0 Å². The molecule has 1 N–H and O–H groups in total. The van der Waals surface area contributed by atoms with Gasteiger partial charge in [-0.05, 0) is 43.4 Å². The van der Waals surface area contributed by atoms with E-state index in [0.29, 0.717) is 6.04 Å². The van der Waals surface area contributed by atoms with Crippen LogP contribution in [0.3, 0.4) is 0 Å². The van der Waals surface area contributed by atoms with E-state index in [2.05, 4.69) is 53.6 Å². The summed E-state index contributed by atoms with van der Waals surface area (Å²) in [7, 11) is 0. The Morgan fingerprint density at radius 3 is 2.73 bits per heavy atom. The monoisotopic (exact) mass is 343 g/mol. The molecule has 0 unspecified atom stereocenters. The number of nitriles is 1. The molecule has 0 spiro atoms. The van der Waals surface area contributed by atoms with Crippen molar-refractivity contribution in [2.24, 2.45) is 0 Å². The molecule has 0 saturated heterocycles. The van der Waals surface area contributed by atoms with Gasteiger partial charge < -0.3 is 5.32 Å². The lowest BCUT2D eigenvalue weighted by atomic mass is 10.0. The zero-order chi connectivity index (χ0) is 18.2. The first-order valence-corrected chi connectivity index (χ1v) is 9.31. The van der Waals surface area contributed by atoms with Gasteiger partial charge in [0.05, 0.1) is 5.56 Å². The highest BCUT2D eigenvalue weighted by atomic mass is 14.9. The molecule has 26 heavy (non-hydrogen) atoms. The third kappa shape index (κ3) is 4.68. The zero-order valence-corrected chi connectivity index (χ0v) is 15.3. The van der Waals surface area contributed by atoms with Gasteiger partial charge in [0, 0.05) is 35.8 Å². The van der Waals surface area contributed by atoms with Crippen LogP contribution in [0.15, 0.2) is 60.9 Å². The maximum absolute atomic E-state index is 9.57. The third-order valence-electron chi connectivity index (χ3n) is 4.85. The average Bonchev–Trinajstić information content (AvgIpc) is 2.70. The molecule has 0 bridgehead atoms. The Kier molecular flexibility index (Phi) is 6.35. The van der Waals surface area contributed by atoms with E-state index in [4.69, 9.17) is 0 Å². The molecule has 0 amide bonds. The SMILES string of the molecule is C[C@H](CCCCc1ccccc1)NCc1ccc2cnccc2c1C#N. The minimum absolute atomic E-state index is 0.436. The van der Waals surface area contributed by atoms with Crippen molar-refractivity contribution in [2.75, 3.05) is 0 Å². The number of aromatic nitrogens is 1. The lowest BCUT2D eigenvalue weighted by molar-refractivity contribution is 0.489. The summed E-state index contributed by atoms with van der Waals surface area (Å²) in [6.45, 7) is 2.94. The Hall–Kier alpha value is -2.70. The van der Waals surface area contributed by atoms with Gasteiger partial charge in [-0.25, -0.2) is 0 Å². The molecule has 1 aromatic heterocycles. The Morgan fingerprint density at radius 1 is 1.08 bits per heavy atom. The van der Waals surface area contributed by atoms with Crippen molar-refractivity contribution >= 4 is 10.8 Å². The van der Waals surface area contributed by atoms with Crippen molar-refractivity contribution in [1.82, 2.24) is 10.3 Å². The average molecular weight is 343 g/mol. The molecule has 3 nitrogen and oxygen atoms in total. The molecular weight excluding hydrogens is 318 g/mol. The number of aryl methyl sites for hydroxylation is 1. The normalized spacial score (nSPS) is 12.0. The maximum Gasteiger partial charge on any atom is 0.100 e. The van der Waals surface area contributed by atoms with Crippen molar-refractivity contribution in [1.29, 1.82) is 5.26 Å². The summed E-state index contributed by atoms with van der Waals surface area (Å²) >= 11 is 0. The number of rotatable bonds is 8. The molecule has 3 aromatic rings. The van der Waals surface area contributed by atoms with Gasteiger partial charge in [-0.1, -0.05) is 48.9 Å². The van der Waals surface area contributed by atoms with E-state index >= 15 is 0 Å². The fraction of sp³-hybridized carbons (Fsp3) is 0.304. The second-order valence-corrected chi connectivity index (χ2v) is 6.82. The molecule has 2 aromatic carbocycles. The van der Waals surface area contributed by atoms with Crippen molar-refractivity contribution in [2.45, 2.75) is 45.2 Å². The summed E-state index contributed by atoms with van der Waals surface area (Å²) in [6, 6.07) is 19.5. The molecule has 0 radical (unpaired) electrons. The molecule has 132 valence electrons. The lowest BCUT2D eigenvalue weighted by Gasteiger charge is -2.15. The quantitative estimate of drug-likeness (QED) is 0.586. The van der Waals surface area contributed by atoms with Gasteiger partial charge in [0.1, 0.15) is 6.07 Å². The van der Waals surface area contributed by atoms with Crippen LogP contribution in [-0.4, -0.2) is 11.0 Å². The van der Waals surface area contributed by atoms with E-state index in [1.54, 1.807) is 6.20 Å². The first-order valence-electron chi connectivity index (χ1n) is 9.31. The van der Waals surface area contributed by atoms with Crippen LogP contribution in [0.2, 0.25) is 0 Å². The summed E-state index contributed by atoms with van der Waals surface area (Å²) in [6.07, 6.45) is 8.26. The van der Waals surface area contributed by atoms with Crippen LogP contribution >= 0.6 is 0 Å². The molecule has 1 heterocycles. The molecule has 0 aliphatic heterocycles. The van der Waals surface area contributed by atoms with Crippen LogP contribution in [0, 0.1) is 11.3 Å². The molecule has 3 heteroatoms. The molecule has 0 aliphatic carbocycles. The van der Waals surface area contributed by atoms with Crippen LogP contribution in [0.1, 0.15) is 42.9 Å². The first-order chi connectivity index (χ1) is 12.8. The largest absolute Gasteiger partial charge is 0.310 e. The van der Waals surface area contributed by atoms with E-state index in [-0.39, 0.29) is 0 Å². The maximum atomic E-state index is 9.57. The van der Waals surface area contributed by atoms with Crippen LogP contribution in [0.4, 0.5) is 0 Å². The Morgan fingerprint density at radius 2 is 1.92 bits per heavy atom. The van der Waals surface area contributed by atoms with Crippen molar-refractivity contribution in [3.05, 3.63) is 77.6 Å². The van der Waals surface area contributed by atoms with Gasteiger partial charge in [-0.15, -0.1) is 0 Å². The highest BCUT2D eigenvalue weighted by molar-refractivity contribution is 5.88. The molecular formula is C23H25N3. The fourth-order valence-corrected chi connectivity index (χ4v) is 3.30. The van der Waals surface area contributed by atoms with Crippen molar-refractivity contribution in [3.8, 4) is 6.07 Å². The number of hydrogen-bond donors (Lipinski definition) is 1. The number of benzene rings is 2. The zero-order valence-electron chi connectivity index (χ0n) is 15.3. The smallest absolute Gasteiger partial charge is 0.100 e. The Balaban J connectivity index is 1.49. The van der Waals surface area contributed by atoms with E-state index in [0.717, 1.165) is 41.3 Å². The number of nitrogens with one attached hydrogen (secondary N) is 1. The van der Waals surface area contributed by atoms with E-state index in [1.807, 2.05) is 24.4 Å². The standard InChI is InChI=1S/C23H25N3/c1-18(7-5-6-10-19-8-3-2-4-9-19)26-17-21-12-11-20-16-25-14-13-22(20)23(21)15-24/h2-4,8-9,11-14,16,18,26H,5-7,10,17H2,1H3/t18-/m1/s1. The van der Waals surface area contributed by atoms with Gasteiger partial charge in [-0.3, -0.25) is 4.98 Å². The summed E-state index contributed by atoms with van der Waals surface area (Å²) < 4.78 is 0. The van der Waals surface area contributed by atoms with E-state index in [9.17, 15) is 5.26 Å². The Labute approximate surface area is 155 Å². The minimum atomic E-state index is 0.436. The van der Waals surface area contributed by atoms with Gasteiger partial charge in [0.2, 0.25) is 0 Å². The van der Waals surface area contributed by atoms with Crippen LogP contribution in [0.5, 0.6) is 0 Å². The third-order valence-corrected chi connectivity index (χ3v) is 4.85. The van der Waals surface area contributed by atoms with Crippen LogP contribution in [0.25, 0.3) is 10.8 Å². The van der Waals surface area contributed by atoms with Crippen molar-refractivity contribution in [3.63, 3.8) is 0 Å². The molecule has 0 fully saturated rings. The number of nitrogens with zero attached hydrogens (tertiary/aromatic N) is 2. The minimum Gasteiger partial charge on any atom is -0.310 e. The summed E-state index contributed by atoms with van der Waals surface area (Å²) in [4.78, 5) is 4.13. The van der Waals surface area contributed by atoms with Crippen LogP contribution in [-0.2, 0) is 13.0 Å². The predicted molar refractivity (Wildman–Crippen MR) is 107 cm³/mol. The number of hydrogen-bond acceptors (Lipinski definition) is 3. The molecule has 0 saturated carbocycles. The molecule has 1 atom stereocenters. The van der Waals surface area contributed by atoms with E-state index < -0.39 is 0 Å². The highest BCUT2D eigenvalue weighted by Crippen LogP contribution is 2.21. The molecule has 3 rings (SSSR count). The predicted octanol–water partition coefficient (Wildman–Crippen LogP) is 5.00. The number of unbranched alkanes of at least 4 members (excludes halogenated alkanes) is 1. The Bertz CT molecular complexity index is 881. The second kappa shape index (κ2) is 9.12. The lowest BCUT2D eigenvalue weighted by Crippen LogP contribution is -2.25. The van der Waals surface area contributed by atoms with Crippen molar-refractivity contribution < 1.29 is 0 Å². The summed E-state index contributed by atoms with van der Waals surface area (Å²) in [5.41, 5.74) is 3.23. The van der Waals surface area contributed by atoms with E-state index in [1.165, 1.54) is 18.4 Å². The number of pyridine rings is 1. The van der Waals surface area contributed by atoms with Gasteiger partial charge in [0.15, 0.2) is 0 Å². The highest BCUT2D eigenvalue weighted by Gasteiger charge is 2.09. The van der Waals surface area contributed by atoms with Gasteiger partial charge in [-0.2, -0.15) is 5.26 Å². The summed E-state index contributed by atoms with van der Waals surface area (Å²) in [5, 5.41) is 15.1. The second-order valence-electron chi connectivity index (χ2n) is 6.82. The first kappa shape index (κ1) is 18.1.